The van der Waals surface area contributed by atoms with E-state index in [1.165, 1.54) is 6.07 Å². The molecule has 0 aliphatic carbocycles. The Morgan fingerprint density at radius 2 is 2.00 bits per heavy atom. The van der Waals surface area contributed by atoms with Crippen LogP contribution in [0.3, 0.4) is 0 Å². The van der Waals surface area contributed by atoms with Crippen LogP contribution in [0.4, 0.5) is 5.69 Å². The van der Waals surface area contributed by atoms with E-state index in [-0.39, 0.29) is 11.7 Å². The van der Waals surface area contributed by atoms with Gasteiger partial charge in [0.15, 0.2) is 0 Å². The Hall–Kier alpha value is -1.95. The van der Waals surface area contributed by atoms with Crippen molar-refractivity contribution in [3.05, 3.63) is 39.9 Å². The molecule has 0 radical (unpaired) electrons. The van der Waals surface area contributed by atoms with Gasteiger partial charge >= 0.3 is 0 Å². The molecule has 0 aromatic heterocycles. The summed E-state index contributed by atoms with van der Waals surface area (Å²) in [6.07, 6.45) is 0. The number of amides is 1. The summed E-state index contributed by atoms with van der Waals surface area (Å²) in [5.74, 6) is -0.490. The summed E-state index contributed by atoms with van der Waals surface area (Å²) in [4.78, 5) is 21.3. The van der Waals surface area contributed by atoms with Crippen molar-refractivity contribution in [1.82, 2.24) is 5.32 Å². The van der Waals surface area contributed by atoms with Gasteiger partial charge < -0.3 is 5.73 Å². The lowest BCUT2D eigenvalue weighted by Gasteiger charge is -2.17. The van der Waals surface area contributed by atoms with Crippen LogP contribution in [0, 0.1) is 10.1 Å². The largest absolute Gasteiger partial charge is 0.368 e. The summed E-state index contributed by atoms with van der Waals surface area (Å²) in [5.41, 5.74) is 5.69. The Labute approximate surface area is 99.0 Å². The molecule has 17 heavy (non-hydrogen) atoms. The molecule has 0 heterocycles. The van der Waals surface area contributed by atoms with Gasteiger partial charge in [-0.3, -0.25) is 20.2 Å². The first-order chi connectivity index (χ1) is 7.93. The Bertz CT molecular complexity index is 434. The number of nitrogens with two attached hydrogens (primary N) is 1. The van der Waals surface area contributed by atoms with E-state index in [0.29, 0.717) is 5.56 Å². The molecule has 6 nitrogen and oxygen atoms in total. The Morgan fingerprint density at radius 1 is 1.41 bits per heavy atom. The van der Waals surface area contributed by atoms with Crippen molar-refractivity contribution >= 4 is 11.6 Å². The maximum absolute atomic E-state index is 10.9. The van der Waals surface area contributed by atoms with Crippen LogP contribution in [-0.2, 0) is 4.79 Å². The maximum atomic E-state index is 10.9. The number of carbonyl (C=O) groups excluding carboxylic acids is 1. The molecule has 2 atom stereocenters. The van der Waals surface area contributed by atoms with E-state index in [1.54, 1.807) is 32.0 Å². The standard InChI is InChI=1S/C11H15N3O3/c1-7(13-8(2)11(12)15)9-5-3-4-6-10(9)14(16)17/h3-8,13H,1-2H3,(H2,12,15). The summed E-state index contributed by atoms with van der Waals surface area (Å²) in [6, 6.07) is 5.55. The van der Waals surface area contributed by atoms with Gasteiger partial charge in [0.05, 0.1) is 11.0 Å². The van der Waals surface area contributed by atoms with Crippen LogP contribution < -0.4 is 11.1 Å². The minimum atomic E-state index is -0.537. The molecule has 6 heteroatoms. The van der Waals surface area contributed by atoms with E-state index in [2.05, 4.69) is 5.32 Å². The van der Waals surface area contributed by atoms with Gasteiger partial charge in [-0.25, -0.2) is 0 Å². The predicted molar refractivity (Wildman–Crippen MR) is 63.3 cm³/mol. The van der Waals surface area contributed by atoms with E-state index in [0.717, 1.165) is 0 Å². The highest BCUT2D eigenvalue weighted by atomic mass is 16.6. The highest BCUT2D eigenvalue weighted by Gasteiger charge is 2.20. The molecule has 0 fully saturated rings. The first kappa shape index (κ1) is 13.1. The van der Waals surface area contributed by atoms with Crippen LogP contribution in [0.15, 0.2) is 24.3 Å². The average Bonchev–Trinajstić information content (AvgIpc) is 2.28. The average molecular weight is 237 g/mol. The number of rotatable bonds is 5. The van der Waals surface area contributed by atoms with Crippen molar-refractivity contribution in [2.24, 2.45) is 5.73 Å². The van der Waals surface area contributed by atoms with Crippen molar-refractivity contribution < 1.29 is 9.72 Å². The fourth-order valence-corrected chi connectivity index (χ4v) is 1.57. The van der Waals surface area contributed by atoms with Gasteiger partial charge in [-0.2, -0.15) is 0 Å². The summed E-state index contributed by atoms with van der Waals surface area (Å²) in [7, 11) is 0. The van der Waals surface area contributed by atoms with Crippen molar-refractivity contribution in [3.8, 4) is 0 Å². The second kappa shape index (κ2) is 5.40. The van der Waals surface area contributed by atoms with E-state index in [9.17, 15) is 14.9 Å². The number of nitro benzene ring substituents is 1. The van der Waals surface area contributed by atoms with Gasteiger partial charge in [0.25, 0.3) is 5.69 Å². The van der Waals surface area contributed by atoms with Crippen molar-refractivity contribution in [2.45, 2.75) is 25.9 Å². The number of nitrogens with one attached hydrogen (secondary N) is 1. The lowest BCUT2D eigenvalue weighted by atomic mass is 10.1. The monoisotopic (exact) mass is 237 g/mol. The van der Waals surface area contributed by atoms with Crippen molar-refractivity contribution in [3.63, 3.8) is 0 Å². The van der Waals surface area contributed by atoms with Crippen LogP contribution in [0.5, 0.6) is 0 Å². The third-order valence-corrected chi connectivity index (χ3v) is 2.53. The van der Waals surface area contributed by atoms with Crippen LogP contribution in [0.2, 0.25) is 0 Å². The second-order valence-corrected chi connectivity index (χ2v) is 3.83. The first-order valence-electron chi connectivity index (χ1n) is 5.22. The van der Waals surface area contributed by atoms with E-state index in [1.807, 2.05) is 0 Å². The summed E-state index contributed by atoms with van der Waals surface area (Å²) in [5, 5.41) is 13.7. The molecule has 92 valence electrons. The van der Waals surface area contributed by atoms with Gasteiger partial charge in [-0.15, -0.1) is 0 Å². The minimum absolute atomic E-state index is 0.0316. The van der Waals surface area contributed by atoms with Crippen LogP contribution in [0.25, 0.3) is 0 Å². The number of para-hydroxylation sites is 1. The van der Waals surface area contributed by atoms with Gasteiger partial charge in [-0.1, -0.05) is 18.2 Å². The zero-order chi connectivity index (χ0) is 13.0. The van der Waals surface area contributed by atoms with Gasteiger partial charge in [-0.05, 0) is 13.8 Å². The maximum Gasteiger partial charge on any atom is 0.274 e. The molecule has 1 aromatic carbocycles. The Balaban J connectivity index is 2.92. The summed E-state index contributed by atoms with van der Waals surface area (Å²) in [6.45, 7) is 3.37. The number of nitrogens with zero attached hydrogens (tertiary/aromatic N) is 1. The molecule has 1 rings (SSSR count). The lowest BCUT2D eigenvalue weighted by Crippen LogP contribution is -2.40. The molecular formula is C11H15N3O3. The van der Waals surface area contributed by atoms with Gasteiger partial charge in [0, 0.05) is 17.7 Å². The molecule has 3 N–H and O–H groups in total. The first-order valence-corrected chi connectivity index (χ1v) is 5.22. The minimum Gasteiger partial charge on any atom is -0.368 e. The Morgan fingerprint density at radius 3 is 2.53 bits per heavy atom. The fourth-order valence-electron chi connectivity index (χ4n) is 1.57. The number of primary amides is 1. The fraction of sp³-hybridized carbons (Fsp3) is 0.364. The van der Waals surface area contributed by atoms with Crippen LogP contribution in [-0.4, -0.2) is 16.9 Å². The number of benzene rings is 1. The predicted octanol–water partition coefficient (Wildman–Crippen LogP) is 1.12. The molecule has 1 amide bonds. The highest BCUT2D eigenvalue weighted by Crippen LogP contribution is 2.24. The molecular weight excluding hydrogens is 222 g/mol. The molecule has 0 aliphatic heterocycles. The topological polar surface area (TPSA) is 98.3 Å². The van der Waals surface area contributed by atoms with E-state index in [4.69, 9.17) is 5.73 Å². The zero-order valence-corrected chi connectivity index (χ0v) is 9.71. The van der Waals surface area contributed by atoms with Crippen molar-refractivity contribution in [2.75, 3.05) is 0 Å². The quantitative estimate of drug-likeness (QED) is 0.592. The molecule has 0 bridgehead atoms. The smallest absolute Gasteiger partial charge is 0.274 e. The van der Waals surface area contributed by atoms with E-state index >= 15 is 0 Å². The summed E-state index contributed by atoms with van der Waals surface area (Å²) >= 11 is 0. The highest BCUT2D eigenvalue weighted by molar-refractivity contribution is 5.79. The Kier molecular flexibility index (Phi) is 4.17. The number of nitro groups is 1. The molecule has 1 aromatic rings. The van der Waals surface area contributed by atoms with Gasteiger partial charge in [0.2, 0.25) is 5.91 Å². The second-order valence-electron chi connectivity index (χ2n) is 3.83. The molecule has 0 saturated carbocycles. The van der Waals surface area contributed by atoms with Gasteiger partial charge in [0.1, 0.15) is 0 Å². The molecule has 0 aliphatic rings. The third kappa shape index (κ3) is 3.25. The normalized spacial score (nSPS) is 14.0. The van der Waals surface area contributed by atoms with Crippen molar-refractivity contribution in [1.29, 1.82) is 0 Å². The molecule has 0 saturated heterocycles. The number of carbonyl (C=O) groups is 1. The SMILES string of the molecule is CC(NC(C)c1ccccc1[N+](=O)[O-])C(N)=O. The van der Waals surface area contributed by atoms with Crippen LogP contribution >= 0.6 is 0 Å². The van der Waals surface area contributed by atoms with E-state index < -0.39 is 16.9 Å². The number of hydrogen-bond acceptors (Lipinski definition) is 4. The number of hydrogen-bond donors (Lipinski definition) is 2. The summed E-state index contributed by atoms with van der Waals surface area (Å²) < 4.78 is 0. The molecule has 0 spiro atoms. The lowest BCUT2D eigenvalue weighted by molar-refractivity contribution is -0.385. The third-order valence-electron chi connectivity index (χ3n) is 2.53. The zero-order valence-electron chi connectivity index (χ0n) is 9.71. The van der Waals surface area contributed by atoms with Crippen LogP contribution in [0.1, 0.15) is 25.5 Å². The molecule has 2 unspecified atom stereocenters.